The molecule has 7 nitrogen and oxygen atoms in total. The number of rotatable bonds is 6. The Morgan fingerprint density at radius 3 is 2.44 bits per heavy atom. The third-order valence-electron chi connectivity index (χ3n) is 5.68. The van der Waals surface area contributed by atoms with Crippen molar-refractivity contribution in [3.05, 3.63) is 107 Å². The molecule has 2 heterocycles. The summed E-state index contributed by atoms with van der Waals surface area (Å²) in [4.78, 5) is 18.0. The van der Waals surface area contributed by atoms with Crippen LogP contribution in [-0.4, -0.2) is 23.2 Å². The van der Waals surface area contributed by atoms with Crippen LogP contribution >= 0.6 is 0 Å². The van der Waals surface area contributed by atoms with Gasteiger partial charge in [0.25, 0.3) is 0 Å². The molecule has 0 bridgehead atoms. The molecule has 0 aliphatic rings. The lowest BCUT2D eigenvalue weighted by Gasteiger charge is -2.07. The Bertz CT molecular complexity index is 1680. The molecule has 8 heteroatoms. The lowest BCUT2D eigenvalue weighted by molar-refractivity contribution is 0.580. The monoisotopic (exact) mass is 470 g/mol. The van der Waals surface area contributed by atoms with Crippen LogP contribution in [0.25, 0.3) is 32.8 Å². The van der Waals surface area contributed by atoms with Crippen LogP contribution in [-0.2, 0) is 29.4 Å². The molecule has 1 N–H and O–H groups in total. The molecule has 0 atom stereocenters. The highest BCUT2D eigenvalue weighted by atomic mass is 32.2. The van der Waals surface area contributed by atoms with Crippen molar-refractivity contribution in [3.63, 3.8) is 0 Å². The van der Waals surface area contributed by atoms with E-state index in [4.69, 9.17) is 0 Å². The van der Waals surface area contributed by atoms with Crippen LogP contribution in [0.3, 0.4) is 0 Å². The highest BCUT2D eigenvalue weighted by molar-refractivity contribution is 7.88. The van der Waals surface area contributed by atoms with E-state index in [1.54, 1.807) is 35.3 Å². The third-order valence-corrected chi connectivity index (χ3v) is 6.98. The van der Waals surface area contributed by atoms with Crippen molar-refractivity contribution in [2.75, 3.05) is 0 Å². The number of aryl methyl sites for hydroxylation is 1. The van der Waals surface area contributed by atoms with Crippen LogP contribution in [0.2, 0.25) is 0 Å². The molecule has 0 aliphatic carbocycles. The van der Waals surface area contributed by atoms with E-state index in [1.165, 1.54) is 0 Å². The molecule has 0 saturated heterocycles. The summed E-state index contributed by atoms with van der Waals surface area (Å²) in [5, 5.41) is 5.84. The Kier molecular flexibility index (Phi) is 5.69. The van der Waals surface area contributed by atoms with Crippen molar-refractivity contribution >= 4 is 31.7 Å². The zero-order chi connectivity index (χ0) is 23.7. The van der Waals surface area contributed by atoms with Gasteiger partial charge in [-0.3, -0.25) is 14.5 Å². The number of pyridine rings is 1. The van der Waals surface area contributed by atoms with Gasteiger partial charge in [0.05, 0.1) is 17.5 Å². The largest absolute Gasteiger partial charge is 0.289 e. The average molecular weight is 471 g/mol. The summed E-state index contributed by atoms with van der Waals surface area (Å²) in [5.41, 5.74) is 3.46. The minimum Gasteiger partial charge on any atom is -0.289 e. The van der Waals surface area contributed by atoms with Gasteiger partial charge in [0.2, 0.25) is 10.0 Å². The molecule has 0 amide bonds. The molecular formula is C26H22N4O3S. The first-order chi connectivity index (χ1) is 16.4. The third kappa shape index (κ3) is 4.59. The molecule has 34 heavy (non-hydrogen) atoms. The molecule has 0 radical (unpaired) electrons. The normalized spacial score (nSPS) is 11.8. The molecule has 0 saturated carbocycles. The second kappa shape index (κ2) is 8.81. The quantitative estimate of drug-likeness (QED) is 0.408. The van der Waals surface area contributed by atoms with Gasteiger partial charge in [0.1, 0.15) is 0 Å². The van der Waals surface area contributed by atoms with Gasteiger partial charge in [0.15, 0.2) is 5.43 Å². The minimum atomic E-state index is -3.59. The predicted molar refractivity (Wildman–Crippen MR) is 134 cm³/mol. The van der Waals surface area contributed by atoms with Crippen LogP contribution in [0.4, 0.5) is 0 Å². The SMILES string of the molecule is Cn1cc(-c2cnc3ccc4ccc(CS(=O)(=O)NCc5ccccc5)cc4c(=O)c3c2)cn1. The van der Waals surface area contributed by atoms with Crippen molar-refractivity contribution < 1.29 is 8.42 Å². The number of sulfonamides is 1. The summed E-state index contributed by atoms with van der Waals surface area (Å²) in [7, 11) is -1.76. The van der Waals surface area contributed by atoms with Gasteiger partial charge in [-0.2, -0.15) is 5.10 Å². The molecule has 170 valence electrons. The zero-order valence-corrected chi connectivity index (χ0v) is 19.3. The van der Waals surface area contributed by atoms with Gasteiger partial charge in [-0.15, -0.1) is 0 Å². The maximum atomic E-state index is 13.5. The molecule has 5 rings (SSSR count). The number of hydrogen-bond acceptors (Lipinski definition) is 5. The minimum absolute atomic E-state index is 0.190. The zero-order valence-electron chi connectivity index (χ0n) is 18.5. The van der Waals surface area contributed by atoms with E-state index >= 15 is 0 Å². The van der Waals surface area contributed by atoms with Crippen LogP contribution in [0.5, 0.6) is 0 Å². The van der Waals surface area contributed by atoms with E-state index in [2.05, 4.69) is 14.8 Å². The molecule has 5 aromatic rings. The van der Waals surface area contributed by atoms with Crippen LogP contribution in [0, 0.1) is 0 Å². The van der Waals surface area contributed by atoms with Gasteiger partial charge >= 0.3 is 0 Å². The van der Waals surface area contributed by atoms with Crippen molar-refractivity contribution in [1.29, 1.82) is 0 Å². The number of fused-ring (bicyclic) bond motifs is 2. The second-order valence-electron chi connectivity index (χ2n) is 8.21. The Morgan fingerprint density at radius 1 is 0.882 bits per heavy atom. The van der Waals surface area contributed by atoms with E-state index in [9.17, 15) is 13.2 Å². The maximum Gasteiger partial charge on any atom is 0.216 e. The Morgan fingerprint density at radius 2 is 1.68 bits per heavy atom. The molecule has 2 aromatic heterocycles. The maximum absolute atomic E-state index is 13.5. The van der Waals surface area contributed by atoms with Gasteiger partial charge in [-0.25, -0.2) is 13.1 Å². The van der Waals surface area contributed by atoms with Gasteiger partial charge < -0.3 is 0 Å². The highest BCUT2D eigenvalue weighted by Gasteiger charge is 2.13. The number of nitrogens with one attached hydrogen (secondary N) is 1. The molecule has 0 fully saturated rings. The summed E-state index contributed by atoms with van der Waals surface area (Å²) >= 11 is 0. The fourth-order valence-corrected chi connectivity index (χ4v) is 5.03. The number of aromatic nitrogens is 3. The van der Waals surface area contributed by atoms with Crippen molar-refractivity contribution in [2.24, 2.45) is 7.05 Å². The fraction of sp³-hybridized carbons (Fsp3) is 0.115. The fourth-order valence-electron chi connectivity index (χ4n) is 3.93. The number of nitrogens with zero attached hydrogens (tertiary/aromatic N) is 3. The summed E-state index contributed by atoms with van der Waals surface area (Å²) in [6.45, 7) is 0.214. The topological polar surface area (TPSA) is 94.0 Å². The standard InChI is InChI=1S/C26H22N4O3S/c1-30-16-22(15-28-30)21-12-24-25(27-14-21)10-9-20-8-7-19(11-23(20)26(24)31)17-34(32,33)29-13-18-5-3-2-4-6-18/h2-12,14-16,29H,13,17H2,1H3. The molecule has 0 unspecified atom stereocenters. The van der Waals surface area contributed by atoms with E-state index < -0.39 is 10.0 Å². The van der Waals surface area contributed by atoms with Crippen LogP contribution in [0.15, 0.2) is 90.1 Å². The number of hydrogen-bond donors (Lipinski definition) is 1. The van der Waals surface area contributed by atoms with Crippen molar-refractivity contribution in [1.82, 2.24) is 19.5 Å². The van der Waals surface area contributed by atoms with Crippen LogP contribution < -0.4 is 10.2 Å². The molecule has 3 aromatic carbocycles. The van der Waals surface area contributed by atoms with Crippen molar-refractivity contribution in [3.8, 4) is 11.1 Å². The highest BCUT2D eigenvalue weighted by Crippen LogP contribution is 2.22. The summed E-state index contributed by atoms with van der Waals surface area (Å²) in [5.74, 6) is -0.217. The van der Waals surface area contributed by atoms with Gasteiger partial charge in [-0.05, 0) is 34.7 Å². The summed E-state index contributed by atoms with van der Waals surface area (Å²) in [6.07, 6.45) is 5.30. The lowest BCUT2D eigenvalue weighted by Crippen LogP contribution is -2.24. The van der Waals surface area contributed by atoms with E-state index in [0.29, 0.717) is 21.9 Å². The molecule has 0 aliphatic heterocycles. The van der Waals surface area contributed by atoms with Crippen molar-refractivity contribution in [2.45, 2.75) is 12.3 Å². The van der Waals surface area contributed by atoms with Gasteiger partial charge in [0, 0.05) is 47.9 Å². The second-order valence-corrected chi connectivity index (χ2v) is 10.0. The molecular weight excluding hydrogens is 448 g/mol. The van der Waals surface area contributed by atoms with Gasteiger partial charge in [-0.1, -0.05) is 48.5 Å². The lowest BCUT2D eigenvalue weighted by atomic mass is 10.1. The first-order valence-electron chi connectivity index (χ1n) is 10.7. The smallest absolute Gasteiger partial charge is 0.216 e. The first kappa shape index (κ1) is 21.9. The van der Waals surface area contributed by atoms with E-state index in [1.807, 2.05) is 61.8 Å². The Hall–Kier alpha value is -3.88. The average Bonchev–Trinajstić information content (AvgIpc) is 3.22. The van der Waals surface area contributed by atoms with Crippen LogP contribution in [0.1, 0.15) is 11.1 Å². The summed E-state index contributed by atoms with van der Waals surface area (Å²) < 4.78 is 29.6. The first-order valence-corrected chi connectivity index (χ1v) is 12.4. The summed E-state index contributed by atoms with van der Waals surface area (Å²) in [6, 6.07) is 20.0. The Balaban J connectivity index is 1.51. The van der Waals surface area contributed by atoms with E-state index in [0.717, 1.165) is 22.1 Å². The predicted octanol–water partition coefficient (Wildman–Crippen LogP) is 3.77. The van der Waals surface area contributed by atoms with E-state index in [-0.39, 0.29) is 17.7 Å². The molecule has 0 spiro atoms. The Labute approximate surface area is 196 Å². The number of benzene rings is 2.